The molecule has 0 amide bonds. The molecule has 5 rings (SSSR count). The molecule has 2 aliphatic heterocycles. The van der Waals surface area contributed by atoms with Crippen molar-refractivity contribution in [2.24, 2.45) is 0 Å². The molecule has 3 aromatic rings. The normalized spacial score (nSPS) is 33.4. The fourth-order valence-electron chi connectivity index (χ4n) is 4.75. The molecule has 0 radical (unpaired) electrons. The number of benzene rings is 2. The summed E-state index contributed by atoms with van der Waals surface area (Å²) in [6.45, 7) is -1.28. The summed E-state index contributed by atoms with van der Waals surface area (Å²) in [4.78, 5) is 12.8. The molecule has 228 valence electrons. The molecule has 0 spiro atoms. The summed E-state index contributed by atoms with van der Waals surface area (Å²) in [6, 6.07) is 9.40. The third-order valence-corrected chi connectivity index (χ3v) is 7.12. The zero-order valence-corrected chi connectivity index (χ0v) is 21.7. The third-order valence-electron chi connectivity index (χ3n) is 7.12. The van der Waals surface area contributed by atoms with Gasteiger partial charge in [-0.3, -0.25) is 4.79 Å². The first-order valence-corrected chi connectivity index (χ1v) is 12.9. The summed E-state index contributed by atoms with van der Waals surface area (Å²) in [5, 5.41) is 89.3. The van der Waals surface area contributed by atoms with Crippen LogP contribution in [0.3, 0.4) is 0 Å². The third kappa shape index (κ3) is 5.67. The summed E-state index contributed by atoms with van der Waals surface area (Å²) in [5.74, 6) is -0.362. The molecule has 0 saturated carbocycles. The average molecular weight is 595 g/mol. The Morgan fingerprint density at radius 3 is 1.71 bits per heavy atom. The minimum Gasteiger partial charge on any atom is -0.507 e. The van der Waals surface area contributed by atoms with Gasteiger partial charge in [-0.15, -0.1) is 0 Å². The number of phenols is 1. The second-order valence-corrected chi connectivity index (χ2v) is 9.95. The second kappa shape index (κ2) is 12.1. The van der Waals surface area contributed by atoms with Gasteiger partial charge in [0.25, 0.3) is 0 Å². The first-order chi connectivity index (χ1) is 20.0. The van der Waals surface area contributed by atoms with Crippen molar-refractivity contribution in [1.82, 2.24) is 0 Å². The first kappa shape index (κ1) is 30.1. The Morgan fingerprint density at radius 2 is 1.19 bits per heavy atom. The van der Waals surface area contributed by atoms with Crippen molar-refractivity contribution < 1.29 is 69.3 Å². The largest absolute Gasteiger partial charge is 0.507 e. The van der Waals surface area contributed by atoms with E-state index in [0.29, 0.717) is 5.56 Å². The molecule has 2 saturated heterocycles. The van der Waals surface area contributed by atoms with Gasteiger partial charge in [-0.1, -0.05) is 0 Å². The summed E-state index contributed by atoms with van der Waals surface area (Å²) in [6.07, 6.45) is -15.0. The maximum atomic E-state index is 12.8. The first-order valence-electron chi connectivity index (χ1n) is 12.9. The number of hydrogen-bond acceptors (Lipinski definition) is 15. The van der Waals surface area contributed by atoms with Gasteiger partial charge in [-0.25, -0.2) is 0 Å². The molecule has 4 unspecified atom stereocenters. The van der Waals surface area contributed by atoms with Crippen molar-refractivity contribution in [3.8, 4) is 28.6 Å². The van der Waals surface area contributed by atoms with Crippen LogP contribution in [0.5, 0.6) is 17.2 Å². The zero-order chi connectivity index (χ0) is 30.3. The van der Waals surface area contributed by atoms with E-state index in [-0.39, 0.29) is 28.2 Å². The molecule has 0 bridgehead atoms. The lowest BCUT2D eigenvalue weighted by molar-refractivity contribution is -0.277. The lowest BCUT2D eigenvalue weighted by atomic mass is 9.99. The standard InChI is InChI=1S/C27H30O15/c28-8-17-20(32)22(34)24(36)26(41-17)38-11-3-1-10(2-4-11)15-7-14(31)19-13(30)5-12(6-16(19)40-15)39-27-25(37)23(35)21(33)18(9-29)42-27/h1-7,17-18,20-30,32-37H,8-9H2/t17-,18?,20?,21-,22?,23+,24-,25?,26-,27-/m1/s1. The number of fused-ring (bicyclic) bond motifs is 1. The summed E-state index contributed by atoms with van der Waals surface area (Å²) < 4.78 is 27.6. The van der Waals surface area contributed by atoms with Gasteiger partial charge in [-0.05, 0) is 24.3 Å². The maximum absolute atomic E-state index is 12.8. The van der Waals surface area contributed by atoms with E-state index in [1.54, 1.807) is 0 Å². The molecular formula is C27H30O15. The summed E-state index contributed by atoms with van der Waals surface area (Å²) in [7, 11) is 0. The zero-order valence-electron chi connectivity index (χ0n) is 21.7. The van der Waals surface area contributed by atoms with Gasteiger partial charge in [0.05, 0.1) is 13.2 Å². The SMILES string of the molecule is O=c1cc(-c2ccc(O[C@@H]3O[C@H](CO)C(O)C(O)[C@H]3O)cc2)oc2cc(O[C@@H]3OC(CO)[C@@H](O)[C@H](O)C3O)cc(O)c12. The van der Waals surface area contributed by atoms with E-state index in [4.69, 9.17) is 23.4 Å². The van der Waals surface area contributed by atoms with Gasteiger partial charge in [-0.2, -0.15) is 0 Å². The Hall–Kier alpha value is -3.35. The van der Waals surface area contributed by atoms with Crippen LogP contribution in [0.15, 0.2) is 51.7 Å². The molecule has 3 heterocycles. The molecule has 2 fully saturated rings. The quantitative estimate of drug-likeness (QED) is 0.137. The van der Waals surface area contributed by atoms with Crippen LogP contribution in [0.2, 0.25) is 0 Å². The Labute approximate surface area is 236 Å². The van der Waals surface area contributed by atoms with E-state index in [2.05, 4.69) is 0 Å². The molecule has 2 aliphatic rings. The highest BCUT2D eigenvalue weighted by Crippen LogP contribution is 2.34. The van der Waals surface area contributed by atoms with E-state index >= 15 is 0 Å². The summed E-state index contributed by atoms with van der Waals surface area (Å²) in [5.41, 5.74) is -0.293. The van der Waals surface area contributed by atoms with Crippen molar-refractivity contribution >= 4 is 11.0 Å². The number of aliphatic hydroxyl groups excluding tert-OH is 8. The number of phenolic OH excluding ortho intramolecular Hbond substituents is 1. The Morgan fingerprint density at radius 1 is 0.667 bits per heavy atom. The lowest BCUT2D eigenvalue weighted by Gasteiger charge is -2.39. The molecule has 15 nitrogen and oxygen atoms in total. The Balaban J connectivity index is 1.37. The number of ether oxygens (including phenoxy) is 4. The molecule has 9 N–H and O–H groups in total. The minimum atomic E-state index is -1.71. The van der Waals surface area contributed by atoms with Crippen molar-refractivity contribution in [1.29, 1.82) is 0 Å². The van der Waals surface area contributed by atoms with Crippen molar-refractivity contribution in [2.45, 2.75) is 61.4 Å². The number of aliphatic hydroxyl groups is 8. The number of rotatable bonds is 7. The van der Waals surface area contributed by atoms with Gasteiger partial charge < -0.3 is 69.3 Å². The minimum absolute atomic E-state index is 0.0799. The van der Waals surface area contributed by atoms with Crippen LogP contribution in [0, 0.1) is 0 Å². The van der Waals surface area contributed by atoms with E-state index in [1.165, 1.54) is 30.3 Å². The van der Waals surface area contributed by atoms with Crippen LogP contribution >= 0.6 is 0 Å². The predicted octanol–water partition coefficient (Wildman–Crippen LogP) is -2.48. The smallest absolute Gasteiger partial charge is 0.229 e. The van der Waals surface area contributed by atoms with Gasteiger partial charge in [0.1, 0.15) is 82.8 Å². The summed E-state index contributed by atoms with van der Waals surface area (Å²) >= 11 is 0. The van der Waals surface area contributed by atoms with Crippen molar-refractivity contribution in [3.63, 3.8) is 0 Å². The van der Waals surface area contributed by atoms with E-state index in [0.717, 1.165) is 12.1 Å². The molecule has 15 heteroatoms. The lowest BCUT2D eigenvalue weighted by Crippen LogP contribution is -2.60. The van der Waals surface area contributed by atoms with E-state index < -0.39 is 85.8 Å². The van der Waals surface area contributed by atoms with Crippen LogP contribution in [-0.4, -0.2) is 121 Å². The monoisotopic (exact) mass is 594 g/mol. The fraction of sp³-hybridized carbons (Fsp3) is 0.444. The predicted molar refractivity (Wildman–Crippen MR) is 138 cm³/mol. The molecule has 2 aromatic carbocycles. The highest BCUT2D eigenvalue weighted by atomic mass is 16.7. The molecule has 10 atom stereocenters. The van der Waals surface area contributed by atoms with Gasteiger partial charge in [0.15, 0.2) is 5.43 Å². The topological polar surface area (TPSA) is 249 Å². The van der Waals surface area contributed by atoms with Crippen molar-refractivity contribution in [3.05, 3.63) is 52.7 Å². The average Bonchev–Trinajstić information content (AvgIpc) is 2.97. The highest BCUT2D eigenvalue weighted by Gasteiger charge is 2.45. The Kier molecular flexibility index (Phi) is 8.68. The van der Waals surface area contributed by atoms with Crippen LogP contribution in [0.1, 0.15) is 0 Å². The molecule has 0 aliphatic carbocycles. The van der Waals surface area contributed by atoms with E-state index in [1.807, 2.05) is 0 Å². The van der Waals surface area contributed by atoms with Crippen LogP contribution in [0.25, 0.3) is 22.3 Å². The Bertz CT molecular complexity index is 1440. The fourth-order valence-corrected chi connectivity index (χ4v) is 4.75. The molecule has 42 heavy (non-hydrogen) atoms. The molecular weight excluding hydrogens is 564 g/mol. The van der Waals surface area contributed by atoms with E-state index in [9.17, 15) is 50.8 Å². The number of aromatic hydroxyl groups is 1. The second-order valence-electron chi connectivity index (χ2n) is 9.95. The van der Waals surface area contributed by atoms with Gasteiger partial charge in [0.2, 0.25) is 12.6 Å². The van der Waals surface area contributed by atoms with Gasteiger partial charge >= 0.3 is 0 Å². The van der Waals surface area contributed by atoms with Crippen LogP contribution in [-0.2, 0) is 9.47 Å². The maximum Gasteiger partial charge on any atom is 0.229 e. The van der Waals surface area contributed by atoms with Crippen molar-refractivity contribution in [2.75, 3.05) is 13.2 Å². The highest BCUT2D eigenvalue weighted by molar-refractivity contribution is 5.86. The molecule has 1 aromatic heterocycles. The number of hydrogen-bond donors (Lipinski definition) is 9. The van der Waals surface area contributed by atoms with Gasteiger partial charge in [0, 0.05) is 23.8 Å². The van der Waals surface area contributed by atoms with Crippen LogP contribution < -0.4 is 14.9 Å². The van der Waals surface area contributed by atoms with Crippen LogP contribution in [0.4, 0.5) is 0 Å².